The third-order valence-corrected chi connectivity index (χ3v) is 4.18. The summed E-state index contributed by atoms with van der Waals surface area (Å²) in [4.78, 5) is 16.7. The molecular formula is C16H25N3O. The second-order valence-electron chi connectivity index (χ2n) is 5.94. The maximum absolute atomic E-state index is 12.4. The number of piperazine rings is 1. The highest BCUT2D eigenvalue weighted by molar-refractivity contribution is 5.85. The third kappa shape index (κ3) is 2.96. The number of amides is 1. The molecular weight excluding hydrogens is 250 g/mol. The molecule has 4 heteroatoms. The van der Waals surface area contributed by atoms with Crippen molar-refractivity contribution in [3.63, 3.8) is 0 Å². The second kappa shape index (κ2) is 5.83. The molecule has 1 amide bonds. The number of nitrogens with zero attached hydrogens (tertiary/aromatic N) is 2. The van der Waals surface area contributed by atoms with Crippen LogP contribution in [0.4, 0.5) is 5.69 Å². The first kappa shape index (κ1) is 14.9. The van der Waals surface area contributed by atoms with Gasteiger partial charge in [-0.25, -0.2) is 0 Å². The minimum atomic E-state index is -0.481. The van der Waals surface area contributed by atoms with Crippen LogP contribution in [0.1, 0.15) is 19.4 Å². The molecule has 1 heterocycles. The zero-order chi connectivity index (χ0) is 14.8. The predicted octanol–water partition coefficient (Wildman–Crippen LogP) is 1.64. The van der Waals surface area contributed by atoms with E-state index in [-0.39, 0.29) is 5.91 Å². The van der Waals surface area contributed by atoms with E-state index in [2.05, 4.69) is 41.4 Å². The van der Waals surface area contributed by atoms with Crippen LogP contribution in [-0.4, -0.2) is 49.6 Å². The molecule has 0 radical (unpaired) electrons. The summed E-state index contributed by atoms with van der Waals surface area (Å²) in [5.74, 6) is 0.185. The molecule has 0 spiro atoms. The molecule has 1 aromatic carbocycles. The van der Waals surface area contributed by atoms with Crippen LogP contribution in [0.15, 0.2) is 24.3 Å². The van der Waals surface area contributed by atoms with E-state index in [9.17, 15) is 4.79 Å². The molecule has 0 aromatic heterocycles. The van der Waals surface area contributed by atoms with E-state index in [1.165, 1.54) is 11.3 Å². The summed E-state index contributed by atoms with van der Waals surface area (Å²) in [5.41, 5.74) is 2.10. The lowest BCUT2D eigenvalue weighted by molar-refractivity contribution is -0.137. The van der Waals surface area contributed by atoms with Crippen molar-refractivity contribution in [1.29, 1.82) is 0 Å². The van der Waals surface area contributed by atoms with E-state index in [1.54, 1.807) is 0 Å². The van der Waals surface area contributed by atoms with Gasteiger partial charge in [0.05, 0.1) is 5.54 Å². The Morgan fingerprint density at radius 3 is 2.30 bits per heavy atom. The average molecular weight is 275 g/mol. The molecule has 0 bridgehead atoms. The van der Waals surface area contributed by atoms with Crippen LogP contribution in [-0.2, 0) is 4.79 Å². The summed E-state index contributed by atoms with van der Waals surface area (Å²) in [6.45, 7) is 9.38. The molecule has 110 valence electrons. The summed E-state index contributed by atoms with van der Waals surface area (Å²) in [6.07, 6.45) is 0. The van der Waals surface area contributed by atoms with Crippen LogP contribution in [0.3, 0.4) is 0 Å². The van der Waals surface area contributed by atoms with Crippen molar-refractivity contribution in [3.8, 4) is 0 Å². The van der Waals surface area contributed by atoms with Crippen LogP contribution in [0.2, 0.25) is 0 Å². The van der Waals surface area contributed by atoms with Gasteiger partial charge < -0.3 is 15.1 Å². The summed E-state index contributed by atoms with van der Waals surface area (Å²) in [5, 5.41) is 3.09. The topological polar surface area (TPSA) is 35.6 Å². The number of aryl methyl sites for hydroxylation is 1. The molecule has 1 aliphatic rings. The third-order valence-electron chi connectivity index (χ3n) is 4.18. The van der Waals surface area contributed by atoms with Gasteiger partial charge in [-0.05, 0) is 39.4 Å². The zero-order valence-corrected chi connectivity index (χ0v) is 12.9. The Morgan fingerprint density at radius 1 is 1.15 bits per heavy atom. The van der Waals surface area contributed by atoms with Crippen molar-refractivity contribution in [2.75, 3.05) is 38.1 Å². The molecule has 1 N–H and O–H groups in total. The molecule has 0 aliphatic carbocycles. The predicted molar refractivity (Wildman–Crippen MR) is 83.1 cm³/mol. The molecule has 2 rings (SSSR count). The van der Waals surface area contributed by atoms with E-state index >= 15 is 0 Å². The van der Waals surface area contributed by atoms with Gasteiger partial charge in [-0.1, -0.05) is 18.2 Å². The van der Waals surface area contributed by atoms with Gasteiger partial charge in [0.25, 0.3) is 0 Å². The van der Waals surface area contributed by atoms with Gasteiger partial charge >= 0.3 is 0 Å². The highest BCUT2D eigenvalue weighted by Gasteiger charge is 2.32. The van der Waals surface area contributed by atoms with Crippen LogP contribution in [0, 0.1) is 6.92 Å². The fourth-order valence-corrected chi connectivity index (χ4v) is 2.57. The molecule has 0 saturated carbocycles. The maximum Gasteiger partial charge on any atom is 0.242 e. The van der Waals surface area contributed by atoms with Crippen molar-refractivity contribution in [2.24, 2.45) is 0 Å². The lowest BCUT2D eigenvalue weighted by Gasteiger charge is -2.39. The summed E-state index contributed by atoms with van der Waals surface area (Å²) < 4.78 is 0. The van der Waals surface area contributed by atoms with Gasteiger partial charge in [-0.3, -0.25) is 4.79 Å². The number of rotatable bonds is 3. The van der Waals surface area contributed by atoms with Crippen LogP contribution in [0.5, 0.6) is 0 Å². The minimum Gasteiger partial charge on any atom is -0.368 e. The first-order valence-electron chi connectivity index (χ1n) is 7.24. The van der Waals surface area contributed by atoms with Gasteiger partial charge in [0.2, 0.25) is 5.91 Å². The number of benzene rings is 1. The first-order chi connectivity index (χ1) is 9.45. The van der Waals surface area contributed by atoms with Crippen LogP contribution in [0.25, 0.3) is 0 Å². The normalized spacial score (nSPS) is 16.4. The zero-order valence-electron chi connectivity index (χ0n) is 12.9. The average Bonchev–Trinajstić information content (AvgIpc) is 2.47. The fourth-order valence-electron chi connectivity index (χ4n) is 2.57. The molecule has 1 fully saturated rings. The standard InChI is InChI=1S/C16H25N3O/c1-13-7-5-6-8-14(13)18-9-11-19(12-10-18)15(20)16(2,3)17-4/h5-8,17H,9-12H2,1-4H3. The van der Waals surface area contributed by atoms with Gasteiger partial charge in [0, 0.05) is 31.9 Å². The quantitative estimate of drug-likeness (QED) is 0.911. The molecule has 4 nitrogen and oxygen atoms in total. The Morgan fingerprint density at radius 2 is 1.75 bits per heavy atom. The van der Waals surface area contributed by atoms with E-state index in [0.717, 1.165) is 26.2 Å². The Balaban J connectivity index is 2.00. The van der Waals surface area contributed by atoms with Gasteiger partial charge in [0.15, 0.2) is 0 Å². The van der Waals surface area contributed by atoms with E-state index in [1.807, 2.05) is 25.8 Å². The van der Waals surface area contributed by atoms with Crippen molar-refractivity contribution >= 4 is 11.6 Å². The Hall–Kier alpha value is -1.55. The number of hydrogen-bond donors (Lipinski definition) is 1. The Labute approximate surface area is 121 Å². The summed E-state index contributed by atoms with van der Waals surface area (Å²) >= 11 is 0. The van der Waals surface area contributed by atoms with E-state index in [0.29, 0.717) is 0 Å². The smallest absolute Gasteiger partial charge is 0.242 e. The molecule has 1 aliphatic heterocycles. The fraction of sp³-hybridized carbons (Fsp3) is 0.562. The van der Waals surface area contributed by atoms with E-state index in [4.69, 9.17) is 0 Å². The maximum atomic E-state index is 12.4. The number of carbonyl (C=O) groups is 1. The molecule has 0 atom stereocenters. The summed E-state index contributed by atoms with van der Waals surface area (Å²) in [6, 6.07) is 8.43. The number of carbonyl (C=O) groups excluding carboxylic acids is 1. The SMILES string of the molecule is CNC(C)(C)C(=O)N1CCN(c2ccccc2C)CC1. The molecule has 20 heavy (non-hydrogen) atoms. The minimum absolute atomic E-state index is 0.185. The van der Waals surface area contributed by atoms with Crippen molar-refractivity contribution in [1.82, 2.24) is 10.2 Å². The van der Waals surface area contributed by atoms with Crippen LogP contribution < -0.4 is 10.2 Å². The lowest BCUT2D eigenvalue weighted by Crippen LogP contribution is -2.58. The number of nitrogens with one attached hydrogen (secondary N) is 1. The Kier molecular flexibility index (Phi) is 4.33. The number of anilines is 1. The van der Waals surface area contributed by atoms with Crippen molar-refractivity contribution in [3.05, 3.63) is 29.8 Å². The highest BCUT2D eigenvalue weighted by Crippen LogP contribution is 2.21. The van der Waals surface area contributed by atoms with E-state index < -0.39 is 5.54 Å². The molecule has 1 aromatic rings. The number of para-hydroxylation sites is 1. The van der Waals surface area contributed by atoms with Gasteiger partial charge in [-0.15, -0.1) is 0 Å². The summed E-state index contributed by atoms with van der Waals surface area (Å²) in [7, 11) is 1.83. The number of hydrogen-bond acceptors (Lipinski definition) is 3. The Bertz CT molecular complexity index is 476. The second-order valence-corrected chi connectivity index (χ2v) is 5.94. The molecule has 1 saturated heterocycles. The molecule has 0 unspecified atom stereocenters. The van der Waals surface area contributed by atoms with Crippen molar-refractivity contribution in [2.45, 2.75) is 26.3 Å². The van der Waals surface area contributed by atoms with Gasteiger partial charge in [0.1, 0.15) is 0 Å². The van der Waals surface area contributed by atoms with Crippen molar-refractivity contribution < 1.29 is 4.79 Å². The lowest BCUT2D eigenvalue weighted by atomic mass is 10.0. The monoisotopic (exact) mass is 275 g/mol. The van der Waals surface area contributed by atoms with Gasteiger partial charge in [-0.2, -0.15) is 0 Å². The van der Waals surface area contributed by atoms with Crippen LogP contribution >= 0.6 is 0 Å². The highest BCUT2D eigenvalue weighted by atomic mass is 16.2. The number of likely N-dealkylation sites (N-methyl/N-ethyl adjacent to an activating group) is 1. The first-order valence-corrected chi connectivity index (χ1v) is 7.24. The largest absolute Gasteiger partial charge is 0.368 e.